The first-order valence-electron chi connectivity index (χ1n) is 3.86. The molecule has 1 aromatic rings. The summed E-state index contributed by atoms with van der Waals surface area (Å²) in [5.41, 5.74) is 5.16. The van der Waals surface area contributed by atoms with E-state index in [1.54, 1.807) is 0 Å². The largest absolute Gasteiger partial charge is 0.433 e. The number of halogens is 4. The van der Waals surface area contributed by atoms with E-state index in [1.165, 1.54) is 0 Å². The molecular formula is C7H8ClF3N2O3. The first-order valence-corrected chi connectivity index (χ1v) is 3.86. The summed E-state index contributed by atoms with van der Waals surface area (Å²) in [6.45, 7) is 0. The summed E-state index contributed by atoms with van der Waals surface area (Å²) >= 11 is 0. The van der Waals surface area contributed by atoms with Gasteiger partial charge in [-0.15, -0.1) is 12.4 Å². The quantitative estimate of drug-likeness (QED) is 0.669. The van der Waals surface area contributed by atoms with Gasteiger partial charge in [0.15, 0.2) is 0 Å². The monoisotopic (exact) mass is 260 g/mol. The molecule has 0 spiro atoms. The molecule has 0 unspecified atom stereocenters. The van der Waals surface area contributed by atoms with Crippen LogP contribution in [0.4, 0.5) is 19.1 Å². The molecule has 0 aliphatic rings. The number of nitrogens with two attached hydrogens (primary N) is 1. The van der Waals surface area contributed by atoms with Crippen LogP contribution in [0, 0.1) is 10.1 Å². The zero-order chi connectivity index (χ0) is 11.6. The zero-order valence-corrected chi connectivity index (χ0v) is 8.55. The normalized spacial score (nSPS) is 13.0. The maximum atomic E-state index is 11.9. The van der Waals surface area contributed by atoms with Crippen molar-refractivity contribution in [2.45, 2.75) is 18.6 Å². The van der Waals surface area contributed by atoms with Crippen LogP contribution < -0.4 is 5.73 Å². The summed E-state index contributed by atoms with van der Waals surface area (Å²) < 4.78 is 40.2. The highest BCUT2D eigenvalue weighted by Crippen LogP contribution is 2.29. The Bertz CT molecular complexity index is 366. The Labute approximate surface area is 94.0 Å². The van der Waals surface area contributed by atoms with Crippen LogP contribution in [-0.2, 0) is 0 Å². The fourth-order valence-corrected chi connectivity index (χ4v) is 0.990. The Balaban J connectivity index is 0.00000225. The lowest BCUT2D eigenvalue weighted by Gasteiger charge is -2.10. The molecule has 0 bridgehead atoms. The number of alkyl halides is 3. The molecule has 5 nitrogen and oxygen atoms in total. The number of rotatable bonds is 3. The molecule has 1 aromatic heterocycles. The highest BCUT2D eigenvalue weighted by Gasteiger charge is 2.32. The van der Waals surface area contributed by atoms with Gasteiger partial charge in [-0.2, -0.15) is 13.2 Å². The first kappa shape index (κ1) is 14.7. The average Bonchev–Trinajstić information content (AvgIpc) is 2.47. The van der Waals surface area contributed by atoms with E-state index >= 15 is 0 Å². The summed E-state index contributed by atoms with van der Waals surface area (Å²) in [6, 6.07) is 0.610. The van der Waals surface area contributed by atoms with Crippen molar-refractivity contribution in [3.63, 3.8) is 0 Å². The van der Waals surface area contributed by atoms with Gasteiger partial charge in [-0.25, -0.2) is 0 Å². The molecule has 0 saturated heterocycles. The topological polar surface area (TPSA) is 82.3 Å². The Hall–Kier alpha value is -1.28. The molecule has 0 aliphatic carbocycles. The van der Waals surface area contributed by atoms with Gasteiger partial charge in [0.2, 0.25) is 0 Å². The predicted octanol–water partition coefficient (Wildman–Crippen LogP) is 2.56. The third kappa shape index (κ3) is 4.07. The van der Waals surface area contributed by atoms with Crippen molar-refractivity contribution in [3.8, 4) is 0 Å². The molecule has 92 valence electrons. The van der Waals surface area contributed by atoms with E-state index in [0.717, 1.165) is 12.1 Å². The van der Waals surface area contributed by atoms with Crippen molar-refractivity contribution in [3.05, 3.63) is 28.0 Å². The van der Waals surface area contributed by atoms with E-state index in [9.17, 15) is 23.3 Å². The maximum Gasteiger partial charge on any atom is 0.433 e. The second-order valence-electron chi connectivity index (χ2n) is 2.86. The smallest absolute Gasteiger partial charge is 0.404 e. The molecule has 0 amide bonds. The minimum Gasteiger partial charge on any atom is -0.404 e. The minimum absolute atomic E-state index is 0. The molecule has 0 aromatic carbocycles. The van der Waals surface area contributed by atoms with Crippen LogP contribution in [0.2, 0.25) is 0 Å². The van der Waals surface area contributed by atoms with Crippen molar-refractivity contribution >= 4 is 18.3 Å². The number of furan rings is 1. The SMILES string of the molecule is Cl.N[C@@H](CC(F)(F)F)c1ccc([N+](=O)[O-])o1. The van der Waals surface area contributed by atoms with Crippen molar-refractivity contribution in [2.24, 2.45) is 5.73 Å². The number of hydrogen-bond donors (Lipinski definition) is 1. The number of nitrogens with zero attached hydrogens (tertiary/aromatic N) is 1. The van der Waals surface area contributed by atoms with E-state index in [1.807, 2.05) is 0 Å². The zero-order valence-electron chi connectivity index (χ0n) is 7.73. The fraction of sp³-hybridized carbons (Fsp3) is 0.429. The molecule has 16 heavy (non-hydrogen) atoms. The molecule has 1 rings (SSSR count). The molecular weight excluding hydrogens is 253 g/mol. The van der Waals surface area contributed by atoms with Gasteiger partial charge < -0.3 is 10.2 Å². The van der Waals surface area contributed by atoms with Crippen LogP contribution in [0.25, 0.3) is 0 Å². The second kappa shape index (κ2) is 5.17. The molecule has 0 aliphatic heterocycles. The summed E-state index contributed by atoms with van der Waals surface area (Å²) in [5, 5.41) is 10.2. The minimum atomic E-state index is -4.43. The van der Waals surface area contributed by atoms with Gasteiger partial charge in [0, 0.05) is 0 Å². The van der Waals surface area contributed by atoms with Crippen molar-refractivity contribution < 1.29 is 22.5 Å². The van der Waals surface area contributed by atoms with E-state index in [4.69, 9.17) is 5.73 Å². The van der Waals surface area contributed by atoms with Gasteiger partial charge in [-0.1, -0.05) is 0 Å². The molecule has 1 atom stereocenters. The lowest BCUT2D eigenvalue weighted by atomic mass is 10.2. The summed E-state index contributed by atoms with van der Waals surface area (Å²) in [7, 11) is 0. The molecule has 0 fully saturated rings. The lowest BCUT2D eigenvalue weighted by molar-refractivity contribution is -0.402. The van der Waals surface area contributed by atoms with Crippen LogP contribution >= 0.6 is 12.4 Å². The maximum absolute atomic E-state index is 11.9. The highest BCUT2D eigenvalue weighted by molar-refractivity contribution is 5.85. The predicted molar refractivity (Wildman–Crippen MR) is 50.2 cm³/mol. The molecule has 0 saturated carbocycles. The van der Waals surface area contributed by atoms with E-state index < -0.39 is 29.4 Å². The third-order valence-corrected chi connectivity index (χ3v) is 1.61. The van der Waals surface area contributed by atoms with E-state index in [0.29, 0.717) is 0 Å². The summed E-state index contributed by atoms with van der Waals surface area (Å²) in [4.78, 5) is 9.33. The van der Waals surface area contributed by atoms with Gasteiger partial charge in [-0.05, 0) is 6.07 Å². The van der Waals surface area contributed by atoms with Gasteiger partial charge in [-0.3, -0.25) is 10.1 Å². The van der Waals surface area contributed by atoms with Gasteiger partial charge in [0.05, 0.1) is 18.5 Å². The summed E-state index contributed by atoms with van der Waals surface area (Å²) in [5.74, 6) is -0.873. The third-order valence-electron chi connectivity index (χ3n) is 1.61. The average molecular weight is 261 g/mol. The number of nitro groups is 1. The first-order chi connectivity index (χ1) is 6.79. The van der Waals surface area contributed by atoms with Crippen LogP contribution in [0.5, 0.6) is 0 Å². The second-order valence-corrected chi connectivity index (χ2v) is 2.86. The highest BCUT2D eigenvalue weighted by atomic mass is 35.5. The van der Waals surface area contributed by atoms with Crippen LogP contribution in [0.15, 0.2) is 16.5 Å². The van der Waals surface area contributed by atoms with Crippen molar-refractivity contribution in [1.82, 2.24) is 0 Å². The number of hydrogen-bond acceptors (Lipinski definition) is 4. The standard InChI is InChI=1S/C7H7F3N2O3.ClH/c8-7(9,10)3-4(11)5-1-2-6(15-5)12(13)14;/h1-2,4H,3,11H2;1H/t4-;/m0./s1. The van der Waals surface area contributed by atoms with Crippen LogP contribution in [0.3, 0.4) is 0 Å². The van der Waals surface area contributed by atoms with E-state index in [-0.39, 0.29) is 18.2 Å². The fourth-order valence-electron chi connectivity index (χ4n) is 0.990. The van der Waals surface area contributed by atoms with Gasteiger partial charge >= 0.3 is 12.1 Å². The van der Waals surface area contributed by atoms with Crippen molar-refractivity contribution in [1.29, 1.82) is 0 Å². The Morgan fingerprint density at radius 2 is 2.06 bits per heavy atom. The Kier molecular flexibility index (Phi) is 4.76. The van der Waals surface area contributed by atoms with Gasteiger partial charge in [0.1, 0.15) is 10.7 Å². The summed E-state index contributed by atoms with van der Waals surface area (Å²) in [6.07, 6.45) is -5.71. The molecule has 1 heterocycles. The van der Waals surface area contributed by atoms with Gasteiger partial charge in [0.25, 0.3) is 0 Å². The Morgan fingerprint density at radius 3 is 2.44 bits per heavy atom. The van der Waals surface area contributed by atoms with E-state index in [2.05, 4.69) is 4.42 Å². The Morgan fingerprint density at radius 1 is 1.50 bits per heavy atom. The van der Waals surface area contributed by atoms with Crippen LogP contribution in [0.1, 0.15) is 18.2 Å². The van der Waals surface area contributed by atoms with Crippen molar-refractivity contribution in [2.75, 3.05) is 0 Å². The molecule has 2 N–H and O–H groups in total. The molecule has 9 heteroatoms. The lowest BCUT2D eigenvalue weighted by Crippen LogP contribution is -2.19. The molecule has 0 radical (unpaired) electrons. The van der Waals surface area contributed by atoms with Crippen LogP contribution in [-0.4, -0.2) is 11.1 Å².